The van der Waals surface area contributed by atoms with Gasteiger partial charge in [-0.05, 0) is 55.5 Å². The lowest BCUT2D eigenvalue weighted by Gasteiger charge is -2.44. The molecule has 0 amide bonds. The fraction of sp³-hybridized carbons (Fsp3) is 0.429. The largest absolute Gasteiger partial charge is 0.369 e. The molecule has 1 saturated heterocycles. The van der Waals surface area contributed by atoms with E-state index in [-0.39, 0.29) is 42.6 Å². The van der Waals surface area contributed by atoms with Gasteiger partial charge in [0.1, 0.15) is 0 Å². The van der Waals surface area contributed by atoms with E-state index < -0.39 is 0 Å². The second kappa shape index (κ2) is 13.6. The molecule has 2 aliphatic heterocycles. The normalized spacial score (nSPS) is 22.2. The molecule has 6 heteroatoms. The fourth-order valence-electron chi connectivity index (χ4n) is 5.83. The van der Waals surface area contributed by atoms with E-state index in [1.165, 1.54) is 62.1 Å². The fourth-order valence-corrected chi connectivity index (χ4v) is 5.83. The van der Waals surface area contributed by atoms with Gasteiger partial charge in [0.05, 0.1) is 0 Å². The van der Waals surface area contributed by atoms with E-state index in [1.807, 2.05) is 0 Å². The summed E-state index contributed by atoms with van der Waals surface area (Å²) in [6, 6.07) is 22.2. The second-order valence-electron chi connectivity index (χ2n) is 9.26. The highest BCUT2D eigenvalue weighted by atomic mass is 35.5. The van der Waals surface area contributed by atoms with Crippen molar-refractivity contribution in [2.45, 2.75) is 31.1 Å². The molecule has 1 unspecified atom stereocenters. The van der Waals surface area contributed by atoms with Crippen LogP contribution in [0.3, 0.4) is 0 Å². The molecule has 0 aromatic heterocycles. The van der Waals surface area contributed by atoms with Crippen molar-refractivity contribution in [1.82, 2.24) is 10.2 Å². The quantitative estimate of drug-likeness (QED) is 0.499. The molecule has 2 heterocycles. The van der Waals surface area contributed by atoms with Crippen LogP contribution in [0.5, 0.6) is 0 Å². The van der Waals surface area contributed by atoms with Crippen molar-refractivity contribution in [3.63, 3.8) is 0 Å². The van der Waals surface area contributed by atoms with Gasteiger partial charge in [-0.25, -0.2) is 0 Å². The Morgan fingerprint density at radius 3 is 2.21 bits per heavy atom. The lowest BCUT2D eigenvalue weighted by Crippen LogP contribution is -2.48. The summed E-state index contributed by atoms with van der Waals surface area (Å²) in [6.45, 7) is 7.91. The highest BCUT2D eigenvalue weighted by Gasteiger charge is 2.39. The average molecular weight is 523 g/mol. The van der Waals surface area contributed by atoms with E-state index in [9.17, 15) is 0 Å². The Morgan fingerprint density at radius 2 is 1.50 bits per heavy atom. The number of nitrogens with one attached hydrogen (secondary N) is 1. The van der Waals surface area contributed by atoms with E-state index in [2.05, 4.69) is 87.9 Å². The number of anilines is 1. The van der Waals surface area contributed by atoms with Crippen LogP contribution in [0.1, 0.15) is 31.2 Å². The number of para-hydroxylation sites is 1. The number of benzene rings is 2. The summed E-state index contributed by atoms with van der Waals surface area (Å²) in [7, 11) is 0. The molecule has 186 valence electrons. The van der Waals surface area contributed by atoms with E-state index in [0.29, 0.717) is 0 Å². The topological polar surface area (TPSA) is 18.5 Å². The van der Waals surface area contributed by atoms with E-state index in [4.69, 9.17) is 0 Å². The Balaban J connectivity index is 0.00000136. The van der Waals surface area contributed by atoms with Crippen molar-refractivity contribution in [3.05, 3.63) is 89.5 Å². The van der Waals surface area contributed by atoms with Gasteiger partial charge in [-0.3, -0.25) is 4.90 Å². The van der Waals surface area contributed by atoms with E-state index in [1.54, 1.807) is 5.57 Å². The van der Waals surface area contributed by atoms with Crippen LogP contribution in [0.4, 0.5) is 5.69 Å². The minimum atomic E-state index is 0. The van der Waals surface area contributed by atoms with Crippen molar-refractivity contribution >= 4 is 42.9 Å². The van der Waals surface area contributed by atoms with Gasteiger partial charge >= 0.3 is 0 Å². The summed E-state index contributed by atoms with van der Waals surface area (Å²) in [5.41, 5.74) is 6.26. The Labute approximate surface area is 223 Å². The predicted molar refractivity (Wildman–Crippen MR) is 152 cm³/mol. The monoisotopic (exact) mass is 521 g/mol. The summed E-state index contributed by atoms with van der Waals surface area (Å²) in [5.74, 6) is 0. The van der Waals surface area contributed by atoms with E-state index in [0.717, 1.165) is 26.2 Å². The van der Waals surface area contributed by atoms with Crippen molar-refractivity contribution in [3.8, 4) is 0 Å². The third-order valence-electron chi connectivity index (χ3n) is 7.49. The first-order valence-corrected chi connectivity index (χ1v) is 12.0. The molecule has 3 aliphatic rings. The van der Waals surface area contributed by atoms with Crippen molar-refractivity contribution in [2.75, 3.05) is 50.7 Å². The van der Waals surface area contributed by atoms with Crippen molar-refractivity contribution in [2.24, 2.45) is 0 Å². The molecule has 5 rings (SSSR count). The highest BCUT2D eigenvalue weighted by molar-refractivity contribution is 5.86. The molecule has 1 N–H and O–H groups in total. The molecule has 1 aliphatic carbocycles. The highest BCUT2D eigenvalue weighted by Crippen LogP contribution is 2.43. The van der Waals surface area contributed by atoms with Gasteiger partial charge in [0.2, 0.25) is 0 Å². The summed E-state index contributed by atoms with van der Waals surface area (Å²) in [6.07, 6.45) is 9.63. The Hall–Kier alpha value is -1.49. The van der Waals surface area contributed by atoms with Crippen LogP contribution in [-0.4, -0.2) is 50.7 Å². The summed E-state index contributed by atoms with van der Waals surface area (Å²) in [4.78, 5) is 5.20. The van der Waals surface area contributed by atoms with Crippen LogP contribution in [0, 0.1) is 0 Å². The molecule has 0 bridgehead atoms. The van der Waals surface area contributed by atoms with Gasteiger partial charge in [0.25, 0.3) is 0 Å². The molecular formula is C28H38Cl3N3. The summed E-state index contributed by atoms with van der Waals surface area (Å²) < 4.78 is 0. The van der Waals surface area contributed by atoms with Crippen molar-refractivity contribution in [1.29, 1.82) is 0 Å². The van der Waals surface area contributed by atoms with Crippen LogP contribution < -0.4 is 10.2 Å². The Bertz CT molecular complexity index is 924. The molecule has 1 atom stereocenters. The number of piperazine rings is 1. The first kappa shape index (κ1) is 28.7. The standard InChI is InChI=1S/C28H35N3.3ClH/c1-3-11-25(12-4-1)28(23-29-22-24-10-7-8-15-27(24)28)16-9-17-30-18-20-31(21-19-30)26-13-5-2-6-14-26;;;/h1-7,10-14,29H,8-9,15-23H2;3*1H. The number of halogens is 3. The average Bonchev–Trinajstić information content (AvgIpc) is 2.86. The maximum atomic E-state index is 3.76. The zero-order valence-electron chi connectivity index (χ0n) is 19.8. The van der Waals surface area contributed by atoms with Gasteiger partial charge < -0.3 is 10.2 Å². The van der Waals surface area contributed by atoms with Crippen LogP contribution in [0.25, 0.3) is 0 Å². The van der Waals surface area contributed by atoms with Gasteiger partial charge in [0, 0.05) is 50.4 Å². The number of hydrogen-bond donors (Lipinski definition) is 1. The van der Waals surface area contributed by atoms with Crippen LogP contribution >= 0.6 is 37.2 Å². The first-order chi connectivity index (χ1) is 15.4. The van der Waals surface area contributed by atoms with Gasteiger partial charge in [-0.1, -0.05) is 66.3 Å². The SMILES string of the molecule is C1=CC2=C(CC1)C(CCCN1CCN(c3ccccc3)CC1)(c1ccccc1)CNC2.Cl.Cl.Cl. The number of allylic oxidation sites excluding steroid dienone is 1. The molecule has 0 radical (unpaired) electrons. The predicted octanol–water partition coefficient (Wildman–Crippen LogP) is 6.04. The van der Waals surface area contributed by atoms with Gasteiger partial charge in [-0.2, -0.15) is 0 Å². The molecule has 0 spiro atoms. The smallest absolute Gasteiger partial charge is 0.0367 e. The molecule has 2 aromatic carbocycles. The number of nitrogens with zero attached hydrogens (tertiary/aromatic N) is 2. The molecule has 0 saturated carbocycles. The lowest BCUT2D eigenvalue weighted by atomic mass is 9.65. The third-order valence-corrected chi connectivity index (χ3v) is 7.49. The first-order valence-electron chi connectivity index (χ1n) is 12.0. The second-order valence-corrected chi connectivity index (χ2v) is 9.26. The molecule has 2 aromatic rings. The Morgan fingerprint density at radius 1 is 0.824 bits per heavy atom. The zero-order chi connectivity index (χ0) is 20.9. The minimum absolute atomic E-state index is 0. The number of rotatable bonds is 6. The Kier molecular flexibility index (Phi) is 11.5. The maximum Gasteiger partial charge on any atom is 0.0367 e. The van der Waals surface area contributed by atoms with Crippen molar-refractivity contribution < 1.29 is 0 Å². The zero-order valence-corrected chi connectivity index (χ0v) is 22.3. The molecule has 34 heavy (non-hydrogen) atoms. The summed E-state index contributed by atoms with van der Waals surface area (Å²) in [5, 5.41) is 3.76. The molecule has 3 nitrogen and oxygen atoms in total. The number of hydrogen-bond acceptors (Lipinski definition) is 3. The van der Waals surface area contributed by atoms with Gasteiger partial charge in [-0.15, -0.1) is 37.2 Å². The van der Waals surface area contributed by atoms with E-state index >= 15 is 0 Å². The van der Waals surface area contributed by atoms with Gasteiger partial charge in [0.15, 0.2) is 0 Å². The summed E-state index contributed by atoms with van der Waals surface area (Å²) >= 11 is 0. The van der Waals surface area contributed by atoms with Crippen LogP contribution in [0.15, 0.2) is 84.0 Å². The minimum Gasteiger partial charge on any atom is -0.369 e. The lowest BCUT2D eigenvalue weighted by molar-refractivity contribution is 0.242. The molecular weight excluding hydrogens is 485 g/mol. The molecule has 1 fully saturated rings. The maximum absolute atomic E-state index is 3.76. The third kappa shape index (κ3) is 6.19. The van der Waals surface area contributed by atoms with Crippen LogP contribution in [-0.2, 0) is 5.41 Å². The van der Waals surface area contributed by atoms with Crippen LogP contribution in [0.2, 0.25) is 0 Å².